The number of carbonyl (C=O) groups excluding carboxylic acids is 1. The summed E-state index contributed by atoms with van der Waals surface area (Å²) in [5.74, 6) is 0.0404. The van der Waals surface area contributed by atoms with Crippen LogP contribution in [0.1, 0.15) is 18.4 Å². The fourth-order valence-electron chi connectivity index (χ4n) is 2.62. The van der Waals surface area contributed by atoms with Gasteiger partial charge in [0.05, 0.1) is 6.04 Å². The molecule has 18 heavy (non-hydrogen) atoms. The maximum Gasteiger partial charge on any atom is 0.249 e. The first-order valence-electron chi connectivity index (χ1n) is 6.57. The Morgan fingerprint density at radius 2 is 2.28 bits per heavy atom. The Morgan fingerprint density at radius 1 is 1.39 bits per heavy atom. The van der Waals surface area contributed by atoms with Crippen molar-refractivity contribution in [2.24, 2.45) is 0 Å². The van der Waals surface area contributed by atoms with Crippen LogP contribution in [0.4, 0.5) is 5.69 Å². The summed E-state index contributed by atoms with van der Waals surface area (Å²) < 4.78 is 5.39. The van der Waals surface area contributed by atoms with Gasteiger partial charge < -0.3 is 15.4 Å². The molecule has 2 aliphatic heterocycles. The molecule has 1 aromatic rings. The molecule has 0 saturated carbocycles. The predicted molar refractivity (Wildman–Crippen MR) is 69.5 cm³/mol. The number of para-hydroxylation sites is 1. The van der Waals surface area contributed by atoms with Crippen molar-refractivity contribution in [3.05, 3.63) is 29.8 Å². The molecule has 1 saturated heterocycles. The Balaban J connectivity index is 1.60. The molecule has 2 unspecified atom stereocenters. The molecule has 0 bridgehead atoms. The van der Waals surface area contributed by atoms with Gasteiger partial charge in [-0.3, -0.25) is 4.79 Å². The minimum atomic E-state index is -0.234. The fraction of sp³-hybridized carbons (Fsp3) is 0.500. The number of ether oxygens (including phenoxy) is 1. The number of rotatable bonds is 2. The molecule has 2 heterocycles. The van der Waals surface area contributed by atoms with Crippen LogP contribution in [0.3, 0.4) is 0 Å². The first-order valence-corrected chi connectivity index (χ1v) is 6.57. The van der Waals surface area contributed by atoms with Crippen molar-refractivity contribution in [3.63, 3.8) is 0 Å². The first-order chi connectivity index (χ1) is 8.83. The van der Waals surface area contributed by atoms with Crippen LogP contribution in [-0.4, -0.2) is 31.2 Å². The van der Waals surface area contributed by atoms with E-state index in [4.69, 9.17) is 4.74 Å². The zero-order valence-electron chi connectivity index (χ0n) is 10.3. The smallest absolute Gasteiger partial charge is 0.249 e. The molecule has 0 radical (unpaired) electrons. The van der Waals surface area contributed by atoms with Crippen LogP contribution in [0.15, 0.2) is 24.3 Å². The molecular formula is C14H18N2O2. The van der Waals surface area contributed by atoms with Crippen LogP contribution >= 0.6 is 0 Å². The Hall–Kier alpha value is -1.55. The molecule has 0 spiro atoms. The lowest BCUT2D eigenvalue weighted by molar-refractivity contribution is -0.130. The van der Waals surface area contributed by atoms with E-state index in [0.29, 0.717) is 6.61 Å². The highest BCUT2D eigenvalue weighted by molar-refractivity contribution is 5.81. The van der Waals surface area contributed by atoms with E-state index in [0.717, 1.165) is 25.8 Å². The van der Waals surface area contributed by atoms with Crippen molar-refractivity contribution in [1.82, 2.24) is 5.32 Å². The summed E-state index contributed by atoms with van der Waals surface area (Å²) >= 11 is 0. The minimum Gasteiger partial charge on any atom is -0.383 e. The first kappa shape index (κ1) is 11.5. The zero-order valence-corrected chi connectivity index (χ0v) is 10.3. The molecule has 0 aliphatic carbocycles. The molecule has 3 rings (SSSR count). The van der Waals surface area contributed by atoms with Gasteiger partial charge in [-0.15, -0.1) is 0 Å². The molecule has 0 aromatic heterocycles. The third-order valence-electron chi connectivity index (χ3n) is 3.59. The highest BCUT2D eigenvalue weighted by Crippen LogP contribution is 2.21. The normalized spacial score (nSPS) is 26.2. The van der Waals surface area contributed by atoms with E-state index >= 15 is 0 Å². The van der Waals surface area contributed by atoms with Crippen LogP contribution in [-0.2, 0) is 16.0 Å². The molecule has 1 amide bonds. The second-order valence-corrected chi connectivity index (χ2v) is 4.95. The van der Waals surface area contributed by atoms with Gasteiger partial charge in [0, 0.05) is 18.8 Å². The zero-order chi connectivity index (χ0) is 12.4. The third kappa shape index (κ3) is 2.34. The Labute approximate surface area is 107 Å². The lowest BCUT2D eigenvalue weighted by atomic mass is 9.99. The number of amides is 1. The summed E-state index contributed by atoms with van der Waals surface area (Å²) in [6, 6.07) is 8.40. The van der Waals surface area contributed by atoms with Gasteiger partial charge in [0.15, 0.2) is 0 Å². The number of nitrogens with one attached hydrogen (secondary N) is 2. The van der Waals surface area contributed by atoms with E-state index in [1.165, 1.54) is 11.3 Å². The van der Waals surface area contributed by atoms with Gasteiger partial charge >= 0.3 is 0 Å². The second kappa shape index (κ2) is 4.98. The van der Waals surface area contributed by atoms with Crippen LogP contribution in [0.2, 0.25) is 0 Å². The van der Waals surface area contributed by atoms with Gasteiger partial charge in [0.1, 0.15) is 6.10 Å². The van der Waals surface area contributed by atoms with Crippen LogP contribution in [0, 0.1) is 0 Å². The van der Waals surface area contributed by atoms with E-state index in [1.54, 1.807) is 0 Å². The van der Waals surface area contributed by atoms with Gasteiger partial charge in [-0.2, -0.15) is 0 Å². The van der Waals surface area contributed by atoms with Crippen molar-refractivity contribution in [2.45, 2.75) is 31.4 Å². The standard InChI is InChI=1S/C14H18N2O2/c17-14(13-6-3-7-18-13)16-11-8-10-4-1-2-5-12(10)15-9-11/h1-2,4-5,11,13,15H,3,6-9H2,(H,16,17). The maximum absolute atomic E-state index is 12.0. The summed E-state index contributed by atoms with van der Waals surface area (Å²) in [7, 11) is 0. The third-order valence-corrected chi connectivity index (χ3v) is 3.59. The van der Waals surface area contributed by atoms with Gasteiger partial charge in [0.2, 0.25) is 5.91 Å². The molecule has 4 nitrogen and oxygen atoms in total. The van der Waals surface area contributed by atoms with Gasteiger partial charge in [-0.05, 0) is 30.9 Å². The monoisotopic (exact) mass is 246 g/mol. The lowest BCUT2D eigenvalue weighted by Gasteiger charge is -2.27. The predicted octanol–water partition coefficient (Wildman–Crippen LogP) is 1.32. The van der Waals surface area contributed by atoms with Crippen LogP contribution < -0.4 is 10.6 Å². The van der Waals surface area contributed by atoms with Crippen molar-refractivity contribution < 1.29 is 9.53 Å². The van der Waals surface area contributed by atoms with E-state index in [2.05, 4.69) is 22.8 Å². The molecule has 1 aromatic carbocycles. The van der Waals surface area contributed by atoms with E-state index < -0.39 is 0 Å². The minimum absolute atomic E-state index is 0.0404. The van der Waals surface area contributed by atoms with E-state index in [9.17, 15) is 4.79 Å². The fourth-order valence-corrected chi connectivity index (χ4v) is 2.62. The van der Waals surface area contributed by atoms with Gasteiger partial charge in [0.25, 0.3) is 0 Å². The Morgan fingerprint density at radius 3 is 3.11 bits per heavy atom. The maximum atomic E-state index is 12.0. The summed E-state index contributed by atoms with van der Waals surface area (Å²) in [6.45, 7) is 1.50. The Kier molecular flexibility index (Phi) is 3.19. The number of benzene rings is 1. The summed E-state index contributed by atoms with van der Waals surface area (Å²) in [6.07, 6.45) is 2.50. The van der Waals surface area contributed by atoms with Crippen molar-refractivity contribution in [2.75, 3.05) is 18.5 Å². The number of anilines is 1. The van der Waals surface area contributed by atoms with Gasteiger partial charge in [-0.25, -0.2) is 0 Å². The van der Waals surface area contributed by atoms with Gasteiger partial charge in [-0.1, -0.05) is 18.2 Å². The molecule has 2 N–H and O–H groups in total. The molecule has 1 fully saturated rings. The van der Waals surface area contributed by atoms with Crippen LogP contribution in [0.25, 0.3) is 0 Å². The second-order valence-electron chi connectivity index (χ2n) is 4.95. The number of fused-ring (bicyclic) bond motifs is 1. The van der Waals surface area contributed by atoms with Crippen molar-refractivity contribution in [1.29, 1.82) is 0 Å². The highest BCUT2D eigenvalue weighted by Gasteiger charge is 2.27. The SMILES string of the molecule is O=C(NC1CNc2ccccc2C1)C1CCCO1. The van der Waals surface area contributed by atoms with E-state index in [1.807, 2.05) is 12.1 Å². The summed E-state index contributed by atoms with van der Waals surface area (Å²) in [4.78, 5) is 12.0. The molecular weight excluding hydrogens is 228 g/mol. The largest absolute Gasteiger partial charge is 0.383 e. The average molecular weight is 246 g/mol. The number of hydrogen-bond donors (Lipinski definition) is 2. The number of carbonyl (C=O) groups is 1. The molecule has 2 atom stereocenters. The summed E-state index contributed by atoms with van der Waals surface area (Å²) in [5.41, 5.74) is 2.45. The van der Waals surface area contributed by atoms with Crippen molar-refractivity contribution in [3.8, 4) is 0 Å². The van der Waals surface area contributed by atoms with Crippen molar-refractivity contribution >= 4 is 11.6 Å². The lowest BCUT2D eigenvalue weighted by Crippen LogP contribution is -2.47. The van der Waals surface area contributed by atoms with Crippen LogP contribution in [0.5, 0.6) is 0 Å². The Bertz CT molecular complexity index is 441. The van der Waals surface area contributed by atoms with E-state index in [-0.39, 0.29) is 18.1 Å². The number of hydrogen-bond acceptors (Lipinski definition) is 3. The summed E-state index contributed by atoms with van der Waals surface area (Å²) in [5, 5.41) is 6.43. The average Bonchev–Trinajstić information content (AvgIpc) is 2.92. The quantitative estimate of drug-likeness (QED) is 0.827. The molecule has 4 heteroatoms. The highest BCUT2D eigenvalue weighted by atomic mass is 16.5. The topological polar surface area (TPSA) is 50.4 Å². The molecule has 96 valence electrons. The molecule has 2 aliphatic rings.